The van der Waals surface area contributed by atoms with Crippen molar-refractivity contribution in [2.45, 2.75) is 13.8 Å². The van der Waals surface area contributed by atoms with Gasteiger partial charge in [-0.25, -0.2) is 5.10 Å². The molecular formula is C8H8N2OS. The molecule has 2 aromatic rings. The molecule has 0 aliphatic heterocycles. The second-order valence-electron chi connectivity index (χ2n) is 2.76. The number of nitrogens with one attached hydrogen (secondary N) is 1. The Morgan fingerprint density at radius 2 is 2.25 bits per heavy atom. The minimum atomic E-state index is -0.0886. The van der Waals surface area contributed by atoms with Crippen LogP contribution in [0.5, 0.6) is 0 Å². The Labute approximate surface area is 73.1 Å². The molecule has 2 heterocycles. The van der Waals surface area contributed by atoms with E-state index in [4.69, 9.17) is 0 Å². The van der Waals surface area contributed by atoms with Gasteiger partial charge in [-0.1, -0.05) is 0 Å². The van der Waals surface area contributed by atoms with E-state index >= 15 is 0 Å². The average molecular weight is 180 g/mol. The van der Waals surface area contributed by atoms with Crippen LogP contribution in [0.2, 0.25) is 0 Å². The first-order valence-electron chi connectivity index (χ1n) is 3.63. The van der Waals surface area contributed by atoms with Crippen LogP contribution in [0.3, 0.4) is 0 Å². The fraction of sp³-hybridized carbons (Fsp3) is 0.250. The fourth-order valence-corrected chi connectivity index (χ4v) is 2.23. The smallest absolute Gasteiger partial charge is 0.267 e. The number of hydrogen-bond donors (Lipinski definition) is 1. The van der Waals surface area contributed by atoms with E-state index < -0.39 is 0 Å². The summed E-state index contributed by atoms with van der Waals surface area (Å²) < 4.78 is 0.997. The molecule has 3 nitrogen and oxygen atoms in total. The zero-order valence-electron chi connectivity index (χ0n) is 6.84. The van der Waals surface area contributed by atoms with Crippen LogP contribution in [0.25, 0.3) is 10.1 Å². The molecule has 0 aromatic carbocycles. The molecule has 4 heteroatoms. The van der Waals surface area contributed by atoms with Gasteiger partial charge in [0.25, 0.3) is 5.56 Å². The zero-order valence-corrected chi connectivity index (χ0v) is 7.66. The Morgan fingerprint density at radius 1 is 1.50 bits per heavy atom. The largest absolute Gasteiger partial charge is 0.273 e. The van der Waals surface area contributed by atoms with E-state index in [0.29, 0.717) is 0 Å². The van der Waals surface area contributed by atoms with Gasteiger partial charge in [-0.2, -0.15) is 5.10 Å². The SMILES string of the molecule is Cc1n[nH]c(=O)c2c(C)csc12. The number of nitrogens with zero attached hydrogens (tertiary/aromatic N) is 1. The Bertz CT molecular complexity index is 483. The van der Waals surface area contributed by atoms with Gasteiger partial charge in [-0.15, -0.1) is 11.3 Å². The van der Waals surface area contributed by atoms with Gasteiger partial charge in [0.05, 0.1) is 15.8 Å². The summed E-state index contributed by atoms with van der Waals surface area (Å²) >= 11 is 1.57. The van der Waals surface area contributed by atoms with Crippen LogP contribution < -0.4 is 5.56 Å². The van der Waals surface area contributed by atoms with E-state index in [1.807, 2.05) is 19.2 Å². The zero-order chi connectivity index (χ0) is 8.72. The van der Waals surface area contributed by atoms with Gasteiger partial charge < -0.3 is 0 Å². The molecule has 0 bridgehead atoms. The quantitative estimate of drug-likeness (QED) is 0.669. The molecule has 0 saturated heterocycles. The van der Waals surface area contributed by atoms with Crippen LogP contribution in [0, 0.1) is 13.8 Å². The lowest BCUT2D eigenvalue weighted by atomic mass is 10.2. The molecule has 0 atom stereocenters. The molecule has 0 fully saturated rings. The number of fused-ring (bicyclic) bond motifs is 1. The predicted molar refractivity (Wildman–Crippen MR) is 49.7 cm³/mol. The topological polar surface area (TPSA) is 45.8 Å². The van der Waals surface area contributed by atoms with Gasteiger partial charge >= 0.3 is 0 Å². The number of H-pyrrole nitrogens is 1. The first kappa shape index (κ1) is 7.49. The van der Waals surface area contributed by atoms with Crippen LogP contribution in [0.4, 0.5) is 0 Å². The molecule has 62 valence electrons. The second kappa shape index (κ2) is 2.42. The summed E-state index contributed by atoms with van der Waals surface area (Å²) in [5.41, 5.74) is 1.83. The molecular weight excluding hydrogens is 172 g/mol. The van der Waals surface area contributed by atoms with Crippen molar-refractivity contribution < 1.29 is 0 Å². The van der Waals surface area contributed by atoms with Gasteiger partial charge in [0.1, 0.15) is 0 Å². The van der Waals surface area contributed by atoms with E-state index in [-0.39, 0.29) is 5.56 Å². The predicted octanol–water partition coefficient (Wildman–Crippen LogP) is 1.60. The monoisotopic (exact) mass is 180 g/mol. The second-order valence-corrected chi connectivity index (χ2v) is 3.64. The van der Waals surface area contributed by atoms with Crippen molar-refractivity contribution in [2.24, 2.45) is 0 Å². The minimum absolute atomic E-state index is 0.0886. The average Bonchev–Trinajstić information content (AvgIpc) is 2.42. The third-order valence-corrected chi connectivity index (χ3v) is 3.06. The summed E-state index contributed by atoms with van der Waals surface area (Å²) in [5.74, 6) is 0. The lowest BCUT2D eigenvalue weighted by Crippen LogP contribution is -2.08. The highest BCUT2D eigenvalue weighted by atomic mass is 32.1. The number of rotatable bonds is 0. The van der Waals surface area contributed by atoms with Crippen molar-refractivity contribution in [2.75, 3.05) is 0 Å². The molecule has 0 saturated carbocycles. The van der Waals surface area contributed by atoms with Gasteiger partial charge in [-0.3, -0.25) is 4.79 Å². The number of aromatic amines is 1. The maximum atomic E-state index is 11.3. The molecule has 0 spiro atoms. The maximum Gasteiger partial charge on any atom is 0.273 e. The molecule has 0 amide bonds. The number of aryl methyl sites for hydroxylation is 2. The summed E-state index contributed by atoms with van der Waals surface area (Å²) in [6.45, 7) is 3.84. The fourth-order valence-electron chi connectivity index (χ4n) is 1.23. The van der Waals surface area contributed by atoms with Crippen LogP contribution in [-0.2, 0) is 0 Å². The molecule has 1 N–H and O–H groups in total. The Hall–Kier alpha value is -1.16. The Balaban J connectivity index is 3.09. The summed E-state index contributed by atoms with van der Waals surface area (Å²) in [7, 11) is 0. The highest BCUT2D eigenvalue weighted by molar-refractivity contribution is 7.17. The van der Waals surface area contributed by atoms with E-state index in [2.05, 4.69) is 10.2 Å². The van der Waals surface area contributed by atoms with E-state index in [1.54, 1.807) is 11.3 Å². The molecule has 0 aliphatic rings. The Kier molecular flexibility index (Phi) is 1.51. The molecule has 2 rings (SSSR count). The van der Waals surface area contributed by atoms with Gasteiger partial charge in [0.2, 0.25) is 0 Å². The van der Waals surface area contributed by atoms with Crippen LogP contribution >= 0.6 is 11.3 Å². The van der Waals surface area contributed by atoms with Crippen molar-refractivity contribution >= 4 is 21.4 Å². The van der Waals surface area contributed by atoms with Crippen molar-refractivity contribution in [1.29, 1.82) is 0 Å². The summed E-state index contributed by atoms with van der Waals surface area (Å²) in [5, 5.41) is 9.13. The van der Waals surface area contributed by atoms with E-state index in [0.717, 1.165) is 21.3 Å². The first-order valence-corrected chi connectivity index (χ1v) is 4.51. The third kappa shape index (κ3) is 0.881. The normalized spacial score (nSPS) is 10.8. The van der Waals surface area contributed by atoms with Crippen LogP contribution in [-0.4, -0.2) is 10.2 Å². The molecule has 2 aromatic heterocycles. The summed E-state index contributed by atoms with van der Waals surface area (Å²) in [6.07, 6.45) is 0. The minimum Gasteiger partial charge on any atom is -0.267 e. The van der Waals surface area contributed by atoms with Gasteiger partial charge in [0, 0.05) is 0 Å². The maximum absolute atomic E-state index is 11.3. The number of hydrogen-bond acceptors (Lipinski definition) is 3. The summed E-state index contributed by atoms with van der Waals surface area (Å²) in [6, 6.07) is 0. The van der Waals surface area contributed by atoms with Crippen molar-refractivity contribution in [3.63, 3.8) is 0 Å². The number of thiophene rings is 1. The lowest BCUT2D eigenvalue weighted by Gasteiger charge is -1.92. The van der Waals surface area contributed by atoms with E-state index in [9.17, 15) is 4.79 Å². The molecule has 0 unspecified atom stereocenters. The van der Waals surface area contributed by atoms with Crippen molar-refractivity contribution in [1.82, 2.24) is 10.2 Å². The number of aromatic nitrogens is 2. The standard InChI is InChI=1S/C8H8N2OS/c1-4-3-12-7-5(2)9-10-8(11)6(4)7/h3H,1-2H3,(H,10,11). The van der Waals surface area contributed by atoms with Crippen molar-refractivity contribution in [3.8, 4) is 0 Å². The van der Waals surface area contributed by atoms with Gasteiger partial charge in [-0.05, 0) is 24.8 Å². The van der Waals surface area contributed by atoms with Gasteiger partial charge in [0.15, 0.2) is 0 Å². The molecule has 0 aliphatic carbocycles. The Morgan fingerprint density at radius 3 is 2.92 bits per heavy atom. The summed E-state index contributed by atoms with van der Waals surface area (Å²) in [4.78, 5) is 11.3. The highest BCUT2D eigenvalue weighted by Crippen LogP contribution is 2.23. The van der Waals surface area contributed by atoms with Crippen LogP contribution in [0.15, 0.2) is 10.2 Å². The van der Waals surface area contributed by atoms with Crippen molar-refractivity contribution in [3.05, 3.63) is 27.0 Å². The molecule has 12 heavy (non-hydrogen) atoms. The molecule has 0 radical (unpaired) electrons. The highest BCUT2D eigenvalue weighted by Gasteiger charge is 2.06. The van der Waals surface area contributed by atoms with E-state index in [1.165, 1.54) is 0 Å². The lowest BCUT2D eigenvalue weighted by molar-refractivity contribution is 0.972. The van der Waals surface area contributed by atoms with Crippen LogP contribution in [0.1, 0.15) is 11.3 Å². The third-order valence-electron chi connectivity index (χ3n) is 1.86. The first-order chi connectivity index (χ1) is 5.70.